The van der Waals surface area contributed by atoms with Crippen LogP contribution in [0.3, 0.4) is 0 Å². The van der Waals surface area contributed by atoms with Crippen molar-refractivity contribution in [2.24, 2.45) is 0 Å². The van der Waals surface area contributed by atoms with E-state index in [2.05, 4.69) is 30.5 Å². The number of carbonyl (C=O) groups excluding carboxylic acids is 1. The van der Waals surface area contributed by atoms with Gasteiger partial charge in [0.05, 0.1) is 12.3 Å². The molecule has 29 heavy (non-hydrogen) atoms. The van der Waals surface area contributed by atoms with Gasteiger partial charge in [0, 0.05) is 23.5 Å². The van der Waals surface area contributed by atoms with Crippen LogP contribution in [0.15, 0.2) is 35.5 Å². The van der Waals surface area contributed by atoms with Gasteiger partial charge in [-0.1, -0.05) is 0 Å². The number of nitrogens with zero attached hydrogens (tertiary/aromatic N) is 3. The molecule has 156 valence electrons. The van der Waals surface area contributed by atoms with Crippen LogP contribution in [0, 0.1) is 0 Å². The molecule has 0 saturated heterocycles. The molecule has 2 heterocycles. The van der Waals surface area contributed by atoms with Crippen LogP contribution < -0.4 is 15.4 Å². The van der Waals surface area contributed by atoms with Gasteiger partial charge in [0.2, 0.25) is 10.0 Å². The fourth-order valence-electron chi connectivity index (χ4n) is 2.13. The van der Waals surface area contributed by atoms with Gasteiger partial charge >= 0.3 is 6.09 Å². The number of thiocarbonyl (C=S) groups is 1. The van der Waals surface area contributed by atoms with E-state index in [1.165, 1.54) is 18.5 Å². The Balaban J connectivity index is 2.14. The Morgan fingerprint density at radius 3 is 2.52 bits per heavy atom. The molecule has 2 rings (SSSR count). The zero-order valence-electron chi connectivity index (χ0n) is 16.4. The largest absolute Gasteiger partial charge is 0.450 e. The third-order valence-electron chi connectivity index (χ3n) is 3.16. The number of alkyl carbamates (subject to hydrolysis) is 1. The van der Waals surface area contributed by atoms with Gasteiger partial charge < -0.3 is 10.1 Å². The first-order valence-corrected chi connectivity index (χ1v) is 10.5. The lowest BCUT2D eigenvalue weighted by Gasteiger charge is -2.20. The Hall–Kier alpha value is -2.70. The van der Waals surface area contributed by atoms with Crippen molar-refractivity contribution in [3.05, 3.63) is 30.6 Å². The molecule has 0 aliphatic rings. The molecule has 0 unspecified atom stereocenters. The van der Waals surface area contributed by atoms with Gasteiger partial charge in [-0.2, -0.15) is 0 Å². The summed E-state index contributed by atoms with van der Waals surface area (Å²) in [6, 6.07) is 4.66. The highest BCUT2D eigenvalue weighted by Crippen LogP contribution is 2.20. The minimum absolute atomic E-state index is 0.00788. The van der Waals surface area contributed by atoms with E-state index in [1.54, 1.807) is 39.8 Å². The highest BCUT2D eigenvalue weighted by molar-refractivity contribution is 7.89. The SMILES string of the molecule is CCOC(=O)NC(=S)Nc1ccc(-c2cncc(S(=O)(=O)NC(C)(C)C)c2)nn1. The second-order valence-corrected chi connectivity index (χ2v) is 8.96. The van der Waals surface area contributed by atoms with Crippen molar-refractivity contribution in [2.45, 2.75) is 38.1 Å². The van der Waals surface area contributed by atoms with E-state index in [0.29, 0.717) is 17.1 Å². The smallest absolute Gasteiger partial charge is 0.413 e. The maximum absolute atomic E-state index is 12.5. The molecule has 0 fully saturated rings. The van der Waals surface area contributed by atoms with E-state index in [0.717, 1.165) is 0 Å². The average Bonchev–Trinajstić information content (AvgIpc) is 2.60. The number of aromatic nitrogens is 3. The van der Waals surface area contributed by atoms with E-state index < -0.39 is 21.7 Å². The maximum Gasteiger partial charge on any atom is 0.413 e. The fourth-order valence-corrected chi connectivity index (χ4v) is 3.72. The van der Waals surface area contributed by atoms with Crippen LogP contribution in [0.4, 0.5) is 10.6 Å². The minimum atomic E-state index is -3.73. The molecule has 0 aromatic carbocycles. The summed E-state index contributed by atoms with van der Waals surface area (Å²) >= 11 is 4.98. The molecule has 12 heteroatoms. The zero-order valence-corrected chi connectivity index (χ0v) is 18.0. The van der Waals surface area contributed by atoms with Gasteiger partial charge in [-0.05, 0) is 58.1 Å². The summed E-state index contributed by atoms with van der Waals surface area (Å²) in [6.07, 6.45) is 2.07. The van der Waals surface area contributed by atoms with Crippen LogP contribution in [0.25, 0.3) is 11.3 Å². The Bertz CT molecular complexity index is 988. The number of pyridine rings is 1. The third kappa shape index (κ3) is 7.00. The Morgan fingerprint density at radius 2 is 1.93 bits per heavy atom. The number of anilines is 1. The monoisotopic (exact) mass is 438 g/mol. The predicted molar refractivity (Wildman–Crippen MR) is 112 cm³/mol. The molecule has 0 aliphatic carbocycles. The van der Waals surface area contributed by atoms with Gasteiger partial charge in [-0.25, -0.2) is 17.9 Å². The van der Waals surface area contributed by atoms with E-state index in [-0.39, 0.29) is 16.6 Å². The molecule has 0 aliphatic heterocycles. The summed E-state index contributed by atoms with van der Waals surface area (Å²) in [5.41, 5.74) is 0.269. The normalized spacial score (nSPS) is 11.6. The number of sulfonamides is 1. The number of hydrogen-bond acceptors (Lipinski definition) is 8. The van der Waals surface area contributed by atoms with Gasteiger partial charge in [-0.15, -0.1) is 10.2 Å². The second-order valence-electron chi connectivity index (χ2n) is 6.87. The standard InChI is InChI=1S/C17H22N6O4S2/c1-5-27-16(24)20-15(28)19-14-7-6-13(21-22-14)11-8-12(10-18-9-11)29(25,26)23-17(2,3)4/h6-10,23H,5H2,1-4H3,(H2,19,20,22,24,28). The van der Waals surface area contributed by atoms with Crippen molar-refractivity contribution in [2.75, 3.05) is 11.9 Å². The number of nitrogens with one attached hydrogen (secondary N) is 3. The van der Waals surface area contributed by atoms with Crippen LogP contribution in [0.5, 0.6) is 0 Å². The maximum atomic E-state index is 12.5. The quantitative estimate of drug-likeness (QED) is 0.599. The first kappa shape index (κ1) is 22.6. The number of amides is 1. The Morgan fingerprint density at radius 1 is 1.21 bits per heavy atom. The lowest BCUT2D eigenvalue weighted by atomic mass is 10.1. The summed E-state index contributed by atoms with van der Waals surface area (Å²) in [5, 5.41) is 13.0. The van der Waals surface area contributed by atoms with Crippen LogP contribution in [-0.4, -0.2) is 47.0 Å². The molecular formula is C17H22N6O4S2. The van der Waals surface area contributed by atoms with Crippen molar-refractivity contribution >= 4 is 39.3 Å². The van der Waals surface area contributed by atoms with Crippen molar-refractivity contribution in [1.29, 1.82) is 0 Å². The van der Waals surface area contributed by atoms with Crippen LogP contribution in [-0.2, 0) is 14.8 Å². The van der Waals surface area contributed by atoms with Crippen LogP contribution >= 0.6 is 12.2 Å². The van der Waals surface area contributed by atoms with Crippen molar-refractivity contribution < 1.29 is 17.9 Å². The molecule has 10 nitrogen and oxygen atoms in total. The molecule has 0 spiro atoms. The molecule has 0 bridgehead atoms. The van der Waals surface area contributed by atoms with E-state index in [9.17, 15) is 13.2 Å². The van der Waals surface area contributed by atoms with Crippen LogP contribution in [0.2, 0.25) is 0 Å². The fraction of sp³-hybridized carbons (Fsp3) is 0.353. The van der Waals surface area contributed by atoms with E-state index >= 15 is 0 Å². The molecule has 2 aromatic heterocycles. The summed E-state index contributed by atoms with van der Waals surface area (Å²) in [4.78, 5) is 15.3. The van der Waals surface area contributed by atoms with E-state index in [1.807, 2.05) is 0 Å². The predicted octanol–water partition coefficient (Wildman–Crippen LogP) is 2.06. The number of rotatable bonds is 5. The molecule has 0 saturated carbocycles. The lowest BCUT2D eigenvalue weighted by Crippen LogP contribution is -2.40. The molecule has 1 amide bonds. The zero-order chi connectivity index (χ0) is 21.7. The van der Waals surface area contributed by atoms with Gasteiger partial charge in [-0.3, -0.25) is 10.3 Å². The summed E-state index contributed by atoms with van der Waals surface area (Å²) in [7, 11) is -3.73. The molecular weight excluding hydrogens is 416 g/mol. The van der Waals surface area contributed by atoms with Gasteiger partial charge in [0.1, 0.15) is 4.90 Å². The minimum Gasteiger partial charge on any atom is -0.450 e. The van der Waals surface area contributed by atoms with E-state index in [4.69, 9.17) is 17.0 Å². The highest BCUT2D eigenvalue weighted by Gasteiger charge is 2.22. The van der Waals surface area contributed by atoms with Gasteiger partial charge in [0.25, 0.3) is 0 Å². The third-order valence-corrected chi connectivity index (χ3v) is 5.09. The van der Waals surface area contributed by atoms with Crippen LogP contribution in [0.1, 0.15) is 27.7 Å². The van der Waals surface area contributed by atoms with Gasteiger partial charge in [0.15, 0.2) is 10.9 Å². The topological polar surface area (TPSA) is 135 Å². The average molecular weight is 439 g/mol. The first-order valence-electron chi connectivity index (χ1n) is 8.58. The van der Waals surface area contributed by atoms with Crippen molar-refractivity contribution in [3.8, 4) is 11.3 Å². The first-order chi connectivity index (χ1) is 13.5. The molecule has 3 N–H and O–H groups in total. The number of ether oxygens (including phenoxy) is 1. The number of hydrogen-bond donors (Lipinski definition) is 3. The Kier molecular flexibility index (Phi) is 7.16. The van der Waals surface area contributed by atoms with Crippen molar-refractivity contribution in [3.63, 3.8) is 0 Å². The Labute approximate surface area is 174 Å². The molecule has 2 aromatic rings. The van der Waals surface area contributed by atoms with Crippen molar-refractivity contribution in [1.82, 2.24) is 25.2 Å². The molecule has 0 radical (unpaired) electrons. The lowest BCUT2D eigenvalue weighted by molar-refractivity contribution is 0.158. The molecule has 0 atom stereocenters. The highest BCUT2D eigenvalue weighted by atomic mass is 32.2. The summed E-state index contributed by atoms with van der Waals surface area (Å²) in [5.74, 6) is 0.293. The summed E-state index contributed by atoms with van der Waals surface area (Å²) < 4.78 is 32.3. The summed E-state index contributed by atoms with van der Waals surface area (Å²) in [6.45, 7) is 7.15. The number of carbonyl (C=O) groups is 1. The second kappa shape index (κ2) is 9.20.